The molecule has 0 bridgehead atoms. The first-order valence-electron chi connectivity index (χ1n) is 5.82. The fourth-order valence-corrected chi connectivity index (χ4v) is 2.48. The minimum Gasteiger partial charge on any atom is -0.310 e. The van der Waals surface area contributed by atoms with Gasteiger partial charge >= 0.3 is 0 Å². The second kappa shape index (κ2) is 5.00. The van der Waals surface area contributed by atoms with E-state index in [1.165, 1.54) is 30.4 Å². The quantitative estimate of drug-likeness (QED) is 0.806. The monoisotopic (exact) mass is 223 g/mol. The first kappa shape index (κ1) is 11.0. The van der Waals surface area contributed by atoms with Crippen LogP contribution in [0.25, 0.3) is 0 Å². The zero-order valence-corrected chi connectivity index (χ0v) is 9.98. The average molecular weight is 224 g/mol. The number of hydrogen-bond donors (Lipinski definition) is 1. The number of rotatable bonds is 2. The van der Waals surface area contributed by atoms with Crippen molar-refractivity contribution in [1.82, 2.24) is 5.32 Å². The molecule has 0 amide bonds. The van der Waals surface area contributed by atoms with E-state index in [1.54, 1.807) is 0 Å². The van der Waals surface area contributed by atoms with E-state index in [0.717, 1.165) is 18.0 Å². The van der Waals surface area contributed by atoms with Crippen LogP contribution in [0, 0.1) is 0 Å². The van der Waals surface area contributed by atoms with E-state index in [-0.39, 0.29) is 0 Å². The van der Waals surface area contributed by atoms with Gasteiger partial charge in [-0.3, -0.25) is 0 Å². The molecule has 1 aliphatic heterocycles. The van der Waals surface area contributed by atoms with E-state index in [4.69, 9.17) is 11.6 Å². The minimum absolute atomic E-state index is 0.516. The summed E-state index contributed by atoms with van der Waals surface area (Å²) in [5.41, 5.74) is 2.70. The van der Waals surface area contributed by atoms with Gasteiger partial charge in [0.2, 0.25) is 0 Å². The van der Waals surface area contributed by atoms with Crippen molar-refractivity contribution in [2.24, 2.45) is 0 Å². The lowest BCUT2D eigenvalue weighted by molar-refractivity contribution is 0.412. The van der Waals surface area contributed by atoms with Crippen molar-refractivity contribution in [3.63, 3.8) is 0 Å². The topological polar surface area (TPSA) is 12.0 Å². The van der Waals surface area contributed by atoms with Gasteiger partial charge in [0, 0.05) is 11.1 Å². The summed E-state index contributed by atoms with van der Waals surface area (Å²) in [6.45, 7) is 3.31. The molecule has 1 aliphatic rings. The van der Waals surface area contributed by atoms with Gasteiger partial charge in [-0.05, 0) is 49.1 Å². The van der Waals surface area contributed by atoms with Crippen molar-refractivity contribution in [1.29, 1.82) is 0 Å². The Morgan fingerprint density at radius 2 is 2.20 bits per heavy atom. The molecule has 1 nitrogen and oxygen atoms in total. The van der Waals surface area contributed by atoms with Crippen LogP contribution in [0.3, 0.4) is 0 Å². The number of benzene rings is 1. The van der Waals surface area contributed by atoms with Crippen LogP contribution < -0.4 is 5.32 Å². The molecule has 0 spiro atoms. The highest BCUT2D eigenvalue weighted by molar-refractivity contribution is 6.30. The Labute approximate surface area is 96.8 Å². The molecule has 0 saturated carbocycles. The summed E-state index contributed by atoms with van der Waals surface area (Å²) >= 11 is 6.12. The van der Waals surface area contributed by atoms with Crippen LogP contribution in [0.2, 0.25) is 5.02 Å². The molecule has 82 valence electrons. The van der Waals surface area contributed by atoms with Gasteiger partial charge < -0.3 is 5.32 Å². The summed E-state index contributed by atoms with van der Waals surface area (Å²) in [6, 6.07) is 6.97. The van der Waals surface area contributed by atoms with Gasteiger partial charge in [0.1, 0.15) is 0 Å². The zero-order chi connectivity index (χ0) is 10.7. The van der Waals surface area contributed by atoms with Gasteiger partial charge in [0.05, 0.1) is 0 Å². The van der Waals surface area contributed by atoms with Crippen LogP contribution >= 0.6 is 11.6 Å². The lowest BCUT2D eigenvalue weighted by atomic mass is 9.96. The standard InChI is InChI=1S/C13H18ClN/c1-2-10-7-11(9-12(14)8-10)13-5-3-4-6-15-13/h7-9,13,15H,2-6H2,1H3. The normalized spacial score (nSPS) is 21.6. The van der Waals surface area contributed by atoms with Crippen molar-refractivity contribution >= 4 is 11.6 Å². The predicted octanol–water partition coefficient (Wildman–Crippen LogP) is 3.72. The number of piperidine rings is 1. The maximum Gasteiger partial charge on any atom is 0.0412 e. The largest absolute Gasteiger partial charge is 0.310 e. The molecule has 1 saturated heterocycles. The molecule has 0 aromatic heterocycles. The third-order valence-electron chi connectivity index (χ3n) is 3.10. The molecule has 0 radical (unpaired) electrons. The fraction of sp³-hybridized carbons (Fsp3) is 0.538. The highest BCUT2D eigenvalue weighted by Gasteiger charge is 2.15. The van der Waals surface area contributed by atoms with Gasteiger partial charge in [-0.25, -0.2) is 0 Å². The van der Waals surface area contributed by atoms with Gasteiger partial charge in [-0.1, -0.05) is 31.0 Å². The second-order valence-electron chi connectivity index (χ2n) is 4.25. The van der Waals surface area contributed by atoms with Crippen LogP contribution in [0.15, 0.2) is 18.2 Å². The third-order valence-corrected chi connectivity index (χ3v) is 3.32. The molecular formula is C13H18ClN. The average Bonchev–Trinajstić information content (AvgIpc) is 2.29. The minimum atomic E-state index is 0.516. The summed E-state index contributed by atoms with van der Waals surface area (Å²) in [4.78, 5) is 0. The number of aryl methyl sites for hydroxylation is 1. The van der Waals surface area contributed by atoms with Gasteiger partial charge in [-0.15, -0.1) is 0 Å². The number of halogens is 1. The fourth-order valence-electron chi connectivity index (χ4n) is 2.22. The molecule has 15 heavy (non-hydrogen) atoms. The van der Waals surface area contributed by atoms with Crippen molar-refractivity contribution in [3.8, 4) is 0 Å². The molecule has 1 aromatic carbocycles. The van der Waals surface area contributed by atoms with Crippen molar-refractivity contribution < 1.29 is 0 Å². The highest BCUT2D eigenvalue weighted by Crippen LogP contribution is 2.26. The number of hydrogen-bond acceptors (Lipinski definition) is 1. The Morgan fingerprint density at radius 3 is 2.87 bits per heavy atom. The van der Waals surface area contributed by atoms with E-state index in [0.29, 0.717) is 6.04 Å². The molecule has 1 atom stereocenters. The van der Waals surface area contributed by atoms with Crippen LogP contribution in [0.4, 0.5) is 0 Å². The molecule has 1 fully saturated rings. The lowest BCUT2D eigenvalue weighted by Gasteiger charge is -2.24. The maximum atomic E-state index is 6.12. The van der Waals surface area contributed by atoms with Crippen molar-refractivity contribution in [3.05, 3.63) is 34.3 Å². The smallest absolute Gasteiger partial charge is 0.0412 e. The Hall–Kier alpha value is -0.530. The van der Waals surface area contributed by atoms with Crippen molar-refractivity contribution in [2.75, 3.05) is 6.54 Å². The SMILES string of the molecule is CCc1cc(Cl)cc(C2CCCCN2)c1. The molecule has 1 aromatic rings. The third kappa shape index (κ3) is 2.73. The van der Waals surface area contributed by atoms with Gasteiger partial charge in [0.15, 0.2) is 0 Å². The summed E-state index contributed by atoms with van der Waals surface area (Å²) in [7, 11) is 0. The molecular weight excluding hydrogens is 206 g/mol. The van der Waals surface area contributed by atoms with E-state index >= 15 is 0 Å². The van der Waals surface area contributed by atoms with Crippen LogP contribution in [-0.4, -0.2) is 6.54 Å². The lowest BCUT2D eigenvalue weighted by Crippen LogP contribution is -2.26. The summed E-state index contributed by atoms with van der Waals surface area (Å²) in [5, 5.41) is 4.43. The zero-order valence-electron chi connectivity index (χ0n) is 9.22. The molecule has 1 heterocycles. The Morgan fingerprint density at radius 1 is 1.33 bits per heavy atom. The van der Waals surface area contributed by atoms with E-state index in [2.05, 4.69) is 30.4 Å². The predicted molar refractivity (Wildman–Crippen MR) is 65.4 cm³/mol. The molecule has 0 aliphatic carbocycles. The van der Waals surface area contributed by atoms with Crippen LogP contribution in [0.1, 0.15) is 43.4 Å². The van der Waals surface area contributed by atoms with E-state index in [9.17, 15) is 0 Å². The molecule has 1 unspecified atom stereocenters. The van der Waals surface area contributed by atoms with E-state index in [1.807, 2.05) is 0 Å². The second-order valence-corrected chi connectivity index (χ2v) is 4.69. The Balaban J connectivity index is 2.22. The summed E-state index contributed by atoms with van der Waals surface area (Å²) in [5.74, 6) is 0. The van der Waals surface area contributed by atoms with Crippen LogP contribution in [-0.2, 0) is 6.42 Å². The first-order valence-corrected chi connectivity index (χ1v) is 6.20. The van der Waals surface area contributed by atoms with E-state index < -0.39 is 0 Å². The Bertz CT molecular complexity index is 329. The maximum absolute atomic E-state index is 6.12. The molecule has 2 rings (SSSR count). The van der Waals surface area contributed by atoms with Crippen molar-refractivity contribution in [2.45, 2.75) is 38.6 Å². The molecule has 2 heteroatoms. The van der Waals surface area contributed by atoms with Crippen LogP contribution in [0.5, 0.6) is 0 Å². The summed E-state index contributed by atoms with van der Waals surface area (Å²) in [6.07, 6.45) is 4.92. The first-order chi connectivity index (χ1) is 7.29. The number of nitrogens with one attached hydrogen (secondary N) is 1. The van der Waals surface area contributed by atoms with Gasteiger partial charge in [0.25, 0.3) is 0 Å². The van der Waals surface area contributed by atoms with Gasteiger partial charge in [-0.2, -0.15) is 0 Å². The Kier molecular flexibility index (Phi) is 3.66. The highest BCUT2D eigenvalue weighted by atomic mass is 35.5. The molecule has 1 N–H and O–H groups in total. The summed E-state index contributed by atoms with van der Waals surface area (Å²) < 4.78 is 0.